The predicted octanol–water partition coefficient (Wildman–Crippen LogP) is 3.59. The Morgan fingerprint density at radius 1 is 0.875 bits per heavy atom. The van der Waals surface area contributed by atoms with Gasteiger partial charge in [-0.25, -0.2) is 0 Å². The molecule has 2 N–H and O–H groups in total. The van der Waals surface area contributed by atoms with Crippen LogP contribution in [0.4, 0.5) is 0 Å². The second kappa shape index (κ2) is 4.93. The van der Waals surface area contributed by atoms with E-state index in [4.69, 9.17) is 0 Å². The van der Waals surface area contributed by atoms with E-state index in [9.17, 15) is 19.8 Å². The summed E-state index contributed by atoms with van der Waals surface area (Å²) in [7, 11) is 0. The Morgan fingerprint density at radius 2 is 1.67 bits per heavy atom. The van der Waals surface area contributed by atoms with Gasteiger partial charge in [-0.2, -0.15) is 0 Å². The average Bonchev–Trinajstić information content (AvgIpc) is 2.58. The number of carbonyl (C=O) groups is 2. The molecule has 4 rings (SSSR count). The molecule has 3 aromatic carbocycles. The van der Waals surface area contributed by atoms with Crippen LogP contribution in [0.25, 0.3) is 10.8 Å². The molecule has 1 aliphatic carbocycles. The van der Waals surface area contributed by atoms with Crippen LogP contribution in [0.2, 0.25) is 0 Å². The number of phenols is 2. The minimum absolute atomic E-state index is 0.0363. The summed E-state index contributed by atoms with van der Waals surface area (Å²) >= 11 is 0. The molecule has 24 heavy (non-hydrogen) atoms. The first-order chi connectivity index (χ1) is 11.5. The monoisotopic (exact) mass is 318 g/mol. The number of phenolic OH excluding ortho intramolecular Hbond substituents is 2. The van der Waals surface area contributed by atoms with E-state index < -0.39 is 5.78 Å². The summed E-state index contributed by atoms with van der Waals surface area (Å²) < 4.78 is 0. The van der Waals surface area contributed by atoms with Gasteiger partial charge in [-0.05, 0) is 29.5 Å². The molecule has 0 bridgehead atoms. The van der Waals surface area contributed by atoms with Crippen LogP contribution < -0.4 is 0 Å². The summed E-state index contributed by atoms with van der Waals surface area (Å²) in [6, 6.07) is 11.6. The lowest BCUT2D eigenvalue weighted by atomic mass is 9.81. The lowest BCUT2D eigenvalue weighted by Gasteiger charge is -2.20. The quantitative estimate of drug-likeness (QED) is 0.562. The average molecular weight is 318 g/mol. The van der Waals surface area contributed by atoms with Gasteiger partial charge in [0.1, 0.15) is 11.5 Å². The molecule has 0 amide bonds. The maximum absolute atomic E-state index is 12.8. The third kappa shape index (κ3) is 1.80. The highest BCUT2D eigenvalue weighted by Gasteiger charge is 2.34. The van der Waals surface area contributed by atoms with Crippen molar-refractivity contribution in [1.29, 1.82) is 0 Å². The van der Waals surface area contributed by atoms with E-state index >= 15 is 0 Å². The number of aryl methyl sites for hydroxylation is 1. The normalized spacial score (nSPS) is 13.0. The van der Waals surface area contributed by atoms with Gasteiger partial charge < -0.3 is 10.2 Å². The van der Waals surface area contributed by atoms with E-state index in [0.717, 1.165) is 17.4 Å². The maximum atomic E-state index is 12.8. The molecule has 0 atom stereocenters. The number of benzene rings is 3. The molecule has 0 unspecified atom stereocenters. The van der Waals surface area contributed by atoms with Crippen molar-refractivity contribution in [3.05, 3.63) is 70.3 Å². The minimum atomic E-state index is -0.531. The van der Waals surface area contributed by atoms with Gasteiger partial charge in [-0.3, -0.25) is 9.59 Å². The molecule has 4 nitrogen and oxygen atoms in total. The van der Waals surface area contributed by atoms with E-state index in [-0.39, 0.29) is 39.5 Å². The highest BCUT2D eigenvalue weighted by Crippen LogP contribution is 2.40. The van der Waals surface area contributed by atoms with Crippen molar-refractivity contribution >= 4 is 22.3 Å². The van der Waals surface area contributed by atoms with Gasteiger partial charge in [0.05, 0.1) is 11.1 Å². The standard InChI is InChI=1S/C20H14O4/c1-2-10-6-7-12-11(8-10)9-14-17(19(12)23)20(24)16-13(18(14)22)4-3-5-15(16)21/h3-9,21,23H,2H2,1H3. The van der Waals surface area contributed by atoms with Gasteiger partial charge >= 0.3 is 0 Å². The number of rotatable bonds is 1. The van der Waals surface area contributed by atoms with Crippen molar-refractivity contribution in [2.75, 3.05) is 0 Å². The topological polar surface area (TPSA) is 74.6 Å². The Bertz CT molecular complexity index is 1050. The smallest absolute Gasteiger partial charge is 0.201 e. The molecule has 0 fully saturated rings. The van der Waals surface area contributed by atoms with Crippen LogP contribution in [-0.4, -0.2) is 21.8 Å². The summed E-state index contributed by atoms with van der Waals surface area (Å²) in [5.74, 6) is -1.36. The zero-order valence-corrected chi connectivity index (χ0v) is 13.0. The zero-order chi connectivity index (χ0) is 17.0. The molecule has 4 heteroatoms. The second-order valence-corrected chi connectivity index (χ2v) is 5.91. The van der Waals surface area contributed by atoms with E-state index in [1.807, 2.05) is 19.1 Å². The number of ketones is 2. The first-order valence-electron chi connectivity index (χ1n) is 7.73. The van der Waals surface area contributed by atoms with Gasteiger partial charge in [-0.15, -0.1) is 0 Å². The SMILES string of the molecule is CCc1ccc2c(O)c3c(cc2c1)C(=O)c1cccc(O)c1C3=O. The Balaban J connectivity index is 2.09. The summed E-state index contributed by atoms with van der Waals surface area (Å²) in [4.78, 5) is 25.6. The summed E-state index contributed by atoms with van der Waals surface area (Å²) in [6.45, 7) is 2.02. The predicted molar refractivity (Wildman–Crippen MR) is 90.0 cm³/mol. The number of hydrogen-bond acceptors (Lipinski definition) is 4. The van der Waals surface area contributed by atoms with Crippen molar-refractivity contribution in [2.45, 2.75) is 13.3 Å². The first-order valence-corrected chi connectivity index (χ1v) is 7.73. The fraction of sp³-hybridized carbons (Fsp3) is 0.100. The second-order valence-electron chi connectivity index (χ2n) is 5.91. The summed E-state index contributed by atoms with van der Waals surface area (Å²) in [5.41, 5.74) is 1.34. The molecular formula is C20H14O4. The molecule has 0 spiro atoms. The third-order valence-corrected chi connectivity index (χ3v) is 4.57. The number of fused-ring (bicyclic) bond motifs is 3. The van der Waals surface area contributed by atoms with Gasteiger partial charge in [0.2, 0.25) is 5.78 Å². The van der Waals surface area contributed by atoms with Crippen molar-refractivity contribution in [3.8, 4) is 11.5 Å². The molecule has 0 radical (unpaired) electrons. The lowest BCUT2D eigenvalue weighted by molar-refractivity contribution is 0.0974. The third-order valence-electron chi connectivity index (χ3n) is 4.57. The summed E-state index contributed by atoms with van der Waals surface area (Å²) in [5, 5.41) is 21.8. The van der Waals surface area contributed by atoms with Crippen molar-refractivity contribution in [1.82, 2.24) is 0 Å². The fourth-order valence-corrected chi connectivity index (χ4v) is 3.30. The van der Waals surface area contributed by atoms with Crippen LogP contribution in [0.1, 0.15) is 44.3 Å². The van der Waals surface area contributed by atoms with Crippen LogP contribution in [0.5, 0.6) is 11.5 Å². The Hall–Kier alpha value is -3.14. The molecule has 0 saturated carbocycles. The highest BCUT2D eigenvalue weighted by molar-refractivity contribution is 6.31. The molecule has 0 aromatic heterocycles. The van der Waals surface area contributed by atoms with Gasteiger partial charge in [0.15, 0.2) is 5.78 Å². The van der Waals surface area contributed by atoms with Gasteiger partial charge in [-0.1, -0.05) is 37.3 Å². The van der Waals surface area contributed by atoms with Gasteiger partial charge in [0, 0.05) is 16.5 Å². The van der Waals surface area contributed by atoms with E-state index in [0.29, 0.717) is 5.39 Å². The Labute approximate surface area is 138 Å². The molecule has 1 aliphatic rings. The van der Waals surface area contributed by atoms with Crippen molar-refractivity contribution in [2.24, 2.45) is 0 Å². The minimum Gasteiger partial charge on any atom is -0.507 e. The molecule has 0 heterocycles. The lowest BCUT2D eigenvalue weighted by Crippen LogP contribution is -2.21. The maximum Gasteiger partial charge on any atom is 0.201 e. The first kappa shape index (κ1) is 14.5. The van der Waals surface area contributed by atoms with E-state index in [2.05, 4.69) is 0 Å². The van der Waals surface area contributed by atoms with Crippen LogP contribution in [0, 0.1) is 0 Å². The Kier molecular flexibility index (Phi) is 2.97. The molecular weight excluding hydrogens is 304 g/mol. The van der Waals surface area contributed by atoms with Crippen LogP contribution >= 0.6 is 0 Å². The van der Waals surface area contributed by atoms with Crippen molar-refractivity contribution in [3.63, 3.8) is 0 Å². The van der Waals surface area contributed by atoms with Gasteiger partial charge in [0.25, 0.3) is 0 Å². The zero-order valence-electron chi connectivity index (χ0n) is 13.0. The van der Waals surface area contributed by atoms with E-state index in [1.165, 1.54) is 18.2 Å². The van der Waals surface area contributed by atoms with Crippen LogP contribution in [0.3, 0.4) is 0 Å². The fourth-order valence-electron chi connectivity index (χ4n) is 3.30. The molecule has 0 saturated heterocycles. The van der Waals surface area contributed by atoms with Crippen LogP contribution in [-0.2, 0) is 6.42 Å². The molecule has 118 valence electrons. The summed E-state index contributed by atoms with van der Waals surface area (Å²) in [6.07, 6.45) is 0.831. The number of aromatic hydroxyl groups is 2. The van der Waals surface area contributed by atoms with E-state index in [1.54, 1.807) is 12.1 Å². The Morgan fingerprint density at radius 3 is 2.42 bits per heavy atom. The largest absolute Gasteiger partial charge is 0.507 e. The highest BCUT2D eigenvalue weighted by atomic mass is 16.3. The molecule has 0 aliphatic heterocycles. The molecule has 3 aromatic rings. The van der Waals surface area contributed by atoms with Crippen LogP contribution in [0.15, 0.2) is 42.5 Å². The number of carbonyl (C=O) groups excluding carboxylic acids is 2. The number of hydrogen-bond donors (Lipinski definition) is 2. The van der Waals surface area contributed by atoms with Crippen molar-refractivity contribution < 1.29 is 19.8 Å².